The van der Waals surface area contributed by atoms with Gasteiger partial charge < -0.3 is 0 Å². The Morgan fingerprint density at radius 3 is 2.32 bits per heavy atom. The highest BCUT2D eigenvalue weighted by Crippen LogP contribution is 2.51. The number of aromatic nitrogens is 3. The molecule has 5 aromatic carbocycles. The van der Waals surface area contributed by atoms with Gasteiger partial charge in [-0.15, -0.1) is 11.3 Å². The van der Waals surface area contributed by atoms with Crippen molar-refractivity contribution in [3.63, 3.8) is 0 Å². The van der Waals surface area contributed by atoms with Crippen LogP contribution in [0, 0.1) is 5.92 Å². The zero-order valence-corrected chi connectivity index (χ0v) is 38.8. The van der Waals surface area contributed by atoms with Crippen molar-refractivity contribution in [3.05, 3.63) is 162 Å². The molecule has 0 spiro atoms. The molecule has 0 saturated carbocycles. The van der Waals surface area contributed by atoms with Crippen molar-refractivity contribution in [2.45, 2.75) is 123 Å². The van der Waals surface area contributed by atoms with Gasteiger partial charge in [-0.1, -0.05) is 177 Å². The molecule has 3 aromatic heterocycles. The third-order valence-electron chi connectivity index (χ3n) is 14.8. The molecule has 0 saturated heterocycles. The molecular weight excluding hydrogens is 771 g/mol. The van der Waals surface area contributed by atoms with Crippen LogP contribution >= 0.6 is 11.3 Å². The number of hydrogen-bond acceptors (Lipinski definition) is 2. The predicted octanol–water partition coefficient (Wildman–Crippen LogP) is 16.4. The second-order valence-corrected chi connectivity index (χ2v) is 19.5. The average Bonchev–Trinajstić information content (AvgIpc) is 4.03. The Morgan fingerprint density at radius 1 is 0.758 bits per heavy atom. The van der Waals surface area contributed by atoms with Gasteiger partial charge in [0.1, 0.15) is 5.82 Å². The van der Waals surface area contributed by atoms with Gasteiger partial charge in [0, 0.05) is 62.2 Å². The molecule has 4 heteroatoms. The van der Waals surface area contributed by atoms with Crippen LogP contribution in [0.5, 0.6) is 0 Å². The quantitative estimate of drug-likeness (QED) is 0.0702. The number of benzene rings is 5. The molecule has 4 heterocycles. The summed E-state index contributed by atoms with van der Waals surface area (Å²) in [6.07, 6.45) is 15.9. The molecule has 0 amide bonds. The summed E-state index contributed by atoms with van der Waals surface area (Å²) in [7, 11) is 0. The lowest BCUT2D eigenvalue weighted by Gasteiger charge is -2.41. The van der Waals surface area contributed by atoms with Crippen molar-refractivity contribution >= 4 is 31.5 Å². The predicted molar refractivity (Wildman–Crippen MR) is 265 cm³/mol. The highest BCUT2D eigenvalue weighted by Gasteiger charge is 2.43. The number of imidazole rings is 1. The molecule has 62 heavy (non-hydrogen) atoms. The Morgan fingerprint density at radius 2 is 1.53 bits per heavy atom. The van der Waals surface area contributed by atoms with E-state index in [-0.39, 0.29) is 11.5 Å². The van der Waals surface area contributed by atoms with Crippen LogP contribution in [0.4, 0.5) is 0 Å². The van der Waals surface area contributed by atoms with E-state index in [9.17, 15) is 0 Å². The number of para-hydroxylation sites is 1. The molecule has 4 atom stereocenters. The van der Waals surface area contributed by atoms with E-state index in [1.54, 1.807) is 0 Å². The van der Waals surface area contributed by atoms with Gasteiger partial charge >= 0.3 is 0 Å². The fourth-order valence-electron chi connectivity index (χ4n) is 11.1. The molecule has 0 fully saturated rings. The van der Waals surface area contributed by atoms with E-state index in [4.69, 9.17) is 4.98 Å². The lowest BCUT2D eigenvalue weighted by Crippen LogP contribution is -2.40. The summed E-state index contributed by atoms with van der Waals surface area (Å²) in [5.74, 6) is 2.37. The summed E-state index contributed by atoms with van der Waals surface area (Å²) in [5, 5.41) is 2.72. The Bertz CT molecular complexity index is 2830. The molecule has 4 unspecified atom stereocenters. The third kappa shape index (κ3) is 7.32. The topological polar surface area (TPSA) is 21.7 Å². The van der Waals surface area contributed by atoms with Gasteiger partial charge in [0.15, 0.2) is 12.2 Å². The van der Waals surface area contributed by atoms with Crippen LogP contribution < -0.4 is 4.57 Å². The molecule has 9 rings (SSSR count). The van der Waals surface area contributed by atoms with Crippen LogP contribution in [0.3, 0.4) is 0 Å². The van der Waals surface area contributed by atoms with E-state index in [1.165, 1.54) is 102 Å². The maximum Gasteiger partial charge on any atom is 0.215 e. The molecule has 8 aromatic rings. The third-order valence-corrected chi connectivity index (χ3v) is 16.0. The number of rotatable bonds is 16. The second-order valence-electron chi connectivity index (χ2n) is 18.5. The molecule has 0 radical (unpaired) electrons. The first-order valence-electron chi connectivity index (χ1n) is 23.6. The van der Waals surface area contributed by atoms with E-state index in [0.717, 1.165) is 31.5 Å². The van der Waals surface area contributed by atoms with E-state index in [0.29, 0.717) is 17.8 Å². The van der Waals surface area contributed by atoms with Crippen molar-refractivity contribution < 1.29 is 4.57 Å². The van der Waals surface area contributed by atoms with E-state index in [1.807, 2.05) is 17.5 Å². The first-order chi connectivity index (χ1) is 30.3. The Kier molecular flexibility index (Phi) is 12.1. The molecule has 1 aliphatic heterocycles. The molecular formula is C58H64N3S+. The minimum absolute atomic E-state index is 0.0644. The maximum absolute atomic E-state index is 5.27. The largest absolute Gasteiger partial charge is 0.299 e. The summed E-state index contributed by atoms with van der Waals surface area (Å²) in [4.78, 5) is 5.27. The number of fused-ring (bicyclic) bond motifs is 7. The summed E-state index contributed by atoms with van der Waals surface area (Å²) >= 11 is 1.96. The number of nitrogens with zero attached hydrogens (tertiary/aromatic N) is 3. The van der Waals surface area contributed by atoms with Crippen LogP contribution in [0.25, 0.3) is 59.6 Å². The zero-order chi connectivity index (χ0) is 43.0. The first-order valence-corrected chi connectivity index (χ1v) is 24.4. The van der Waals surface area contributed by atoms with Gasteiger partial charge in [-0.2, -0.15) is 4.57 Å². The van der Waals surface area contributed by atoms with E-state index < -0.39 is 0 Å². The van der Waals surface area contributed by atoms with Gasteiger partial charge in [-0.25, -0.2) is 4.98 Å². The smallest absolute Gasteiger partial charge is 0.215 e. The average molecular weight is 835 g/mol. The Balaban J connectivity index is 1.16. The van der Waals surface area contributed by atoms with Crippen molar-refractivity contribution in [3.8, 4) is 39.5 Å². The fourth-order valence-corrected chi connectivity index (χ4v) is 12.4. The van der Waals surface area contributed by atoms with Crippen LogP contribution in [0.1, 0.15) is 140 Å². The van der Waals surface area contributed by atoms with Crippen LogP contribution in [0.15, 0.2) is 140 Å². The number of hydrogen-bond donors (Lipinski definition) is 0. The highest BCUT2D eigenvalue weighted by atomic mass is 32.1. The summed E-state index contributed by atoms with van der Waals surface area (Å²) in [6.45, 7) is 16.7. The van der Waals surface area contributed by atoms with Gasteiger partial charge in [-0.05, 0) is 76.3 Å². The minimum atomic E-state index is -0.0644. The number of thiophene rings is 1. The van der Waals surface area contributed by atoms with Crippen molar-refractivity contribution in [2.24, 2.45) is 5.92 Å². The van der Waals surface area contributed by atoms with Crippen molar-refractivity contribution in [1.29, 1.82) is 0 Å². The monoisotopic (exact) mass is 834 g/mol. The maximum atomic E-state index is 5.27. The lowest BCUT2D eigenvalue weighted by atomic mass is 9.63. The van der Waals surface area contributed by atoms with Crippen molar-refractivity contribution in [1.82, 2.24) is 9.55 Å². The SMILES string of the molecule is CCCCCC(C)c1cccc(C(C)C)c1-n1ccnc1-c1ccccc1C(CC)(CCC1c2ccc3c(sc4ccccc43)c2-c2cc(-c3ccccc3)cc[n+]21)C(C)CC. The number of pyridine rings is 1. The van der Waals surface area contributed by atoms with Gasteiger partial charge in [-0.3, -0.25) is 4.57 Å². The van der Waals surface area contributed by atoms with Crippen LogP contribution in [0.2, 0.25) is 0 Å². The van der Waals surface area contributed by atoms with E-state index in [2.05, 4.69) is 191 Å². The van der Waals surface area contributed by atoms with Crippen LogP contribution in [-0.4, -0.2) is 9.55 Å². The molecule has 1 aliphatic rings. The summed E-state index contributed by atoms with van der Waals surface area (Å²) in [6, 6.07) is 46.1. The van der Waals surface area contributed by atoms with Gasteiger partial charge in [0.2, 0.25) is 5.69 Å². The van der Waals surface area contributed by atoms with Gasteiger partial charge in [0.05, 0.1) is 11.3 Å². The first kappa shape index (κ1) is 42.0. The second kappa shape index (κ2) is 17.8. The normalized spacial score (nSPS) is 15.5. The molecule has 316 valence electrons. The Hall–Kier alpha value is -5.32. The molecule has 0 bridgehead atoms. The molecule has 0 N–H and O–H groups in total. The van der Waals surface area contributed by atoms with Gasteiger partial charge in [0.25, 0.3) is 0 Å². The van der Waals surface area contributed by atoms with Crippen LogP contribution in [-0.2, 0) is 5.41 Å². The minimum Gasteiger partial charge on any atom is -0.299 e. The summed E-state index contributed by atoms with van der Waals surface area (Å²) in [5.41, 5.74) is 13.5. The zero-order valence-electron chi connectivity index (χ0n) is 38.0. The summed E-state index contributed by atoms with van der Waals surface area (Å²) < 4.78 is 7.84. The standard InChI is InChI=1S/C58H64N3S/c1-8-11-13-21-40(6)45-27-20-26-44(39(4)5)55(45)61-37-35-59-57(61)48-25-16-18-28-50(48)58(10-3,41(7)9-2)34-32-51-49-31-30-47-46-24-17-19-29-53(46)62-56(47)54(49)52-38-43(33-36-60(51)52)42-22-14-12-15-23-42/h12,14-20,22-31,33,35-41,51H,8-11,13,21,32,34H2,1-7H3/q+1. The lowest BCUT2D eigenvalue weighted by molar-refractivity contribution is -0.698. The van der Waals surface area contributed by atoms with E-state index >= 15 is 0 Å². The Labute approximate surface area is 374 Å². The molecule has 0 aliphatic carbocycles. The molecule has 3 nitrogen and oxygen atoms in total. The number of unbranched alkanes of at least 4 members (excludes halogenated alkanes) is 2. The highest BCUT2D eigenvalue weighted by molar-refractivity contribution is 7.26. The fraction of sp³-hybridized carbons (Fsp3) is 0.345. The van der Waals surface area contributed by atoms with Crippen molar-refractivity contribution in [2.75, 3.05) is 0 Å².